The van der Waals surface area contributed by atoms with E-state index in [1.54, 1.807) is 0 Å². The molecule has 0 bridgehead atoms. The maximum Gasteiger partial charge on any atom is 0.237 e. The number of hydrogen-bond donors (Lipinski definition) is 2. The second-order valence-electron chi connectivity index (χ2n) is 4.14. The van der Waals surface area contributed by atoms with Crippen molar-refractivity contribution in [2.45, 2.75) is 13.8 Å². The number of aromatic nitrogens is 2. The Hall–Kier alpha value is -1.92. The fourth-order valence-electron chi connectivity index (χ4n) is 1.45. The predicted octanol–water partition coefficient (Wildman–Crippen LogP) is 0.146. The maximum absolute atomic E-state index is 13.5. The highest BCUT2D eigenvalue weighted by Gasteiger charge is 2.17. The average molecular weight is 241 g/mol. The standard InChI is InChI=1S/C10H16FN5O/c1-6(2)4-16(5-8(12)17)9-7(11)3-14-10(13)15-9/h3,6H,4-5H2,1-2H3,(H2,12,17)(H2,13,14,15). The molecule has 0 saturated heterocycles. The van der Waals surface area contributed by atoms with Gasteiger partial charge in [0.2, 0.25) is 11.9 Å². The number of anilines is 2. The minimum Gasteiger partial charge on any atom is -0.368 e. The Morgan fingerprint density at radius 1 is 1.59 bits per heavy atom. The fraction of sp³-hybridized carbons (Fsp3) is 0.500. The fourth-order valence-corrected chi connectivity index (χ4v) is 1.45. The van der Waals surface area contributed by atoms with E-state index in [2.05, 4.69) is 9.97 Å². The summed E-state index contributed by atoms with van der Waals surface area (Å²) < 4.78 is 13.5. The van der Waals surface area contributed by atoms with Gasteiger partial charge in [0.1, 0.15) is 0 Å². The van der Waals surface area contributed by atoms with Gasteiger partial charge < -0.3 is 16.4 Å². The van der Waals surface area contributed by atoms with Crippen molar-refractivity contribution in [3.63, 3.8) is 0 Å². The first-order valence-corrected chi connectivity index (χ1v) is 5.21. The van der Waals surface area contributed by atoms with Gasteiger partial charge in [-0.25, -0.2) is 9.37 Å². The van der Waals surface area contributed by atoms with Gasteiger partial charge in [0, 0.05) is 6.54 Å². The van der Waals surface area contributed by atoms with Crippen LogP contribution in [0.1, 0.15) is 13.8 Å². The Bertz CT molecular complexity index is 410. The van der Waals surface area contributed by atoms with E-state index >= 15 is 0 Å². The number of carbonyl (C=O) groups excluding carboxylic acids is 1. The molecule has 1 heterocycles. The molecule has 0 unspecified atom stereocenters. The topological polar surface area (TPSA) is 98.1 Å². The van der Waals surface area contributed by atoms with Crippen molar-refractivity contribution in [3.05, 3.63) is 12.0 Å². The first-order chi connectivity index (χ1) is 7.90. The van der Waals surface area contributed by atoms with Crippen molar-refractivity contribution < 1.29 is 9.18 Å². The molecule has 1 amide bonds. The number of carbonyl (C=O) groups is 1. The highest BCUT2D eigenvalue weighted by Crippen LogP contribution is 2.17. The van der Waals surface area contributed by atoms with Crippen molar-refractivity contribution in [2.75, 3.05) is 23.7 Å². The summed E-state index contributed by atoms with van der Waals surface area (Å²) in [5.41, 5.74) is 10.5. The van der Waals surface area contributed by atoms with Crippen LogP contribution in [0.5, 0.6) is 0 Å². The number of primary amides is 1. The van der Waals surface area contributed by atoms with Crippen LogP contribution in [0.3, 0.4) is 0 Å². The summed E-state index contributed by atoms with van der Waals surface area (Å²) in [7, 11) is 0. The highest BCUT2D eigenvalue weighted by atomic mass is 19.1. The predicted molar refractivity (Wildman–Crippen MR) is 62.6 cm³/mol. The Morgan fingerprint density at radius 2 is 2.24 bits per heavy atom. The SMILES string of the molecule is CC(C)CN(CC(N)=O)c1nc(N)ncc1F. The van der Waals surface area contributed by atoms with E-state index in [1.807, 2.05) is 13.8 Å². The summed E-state index contributed by atoms with van der Waals surface area (Å²) in [6.45, 7) is 4.23. The summed E-state index contributed by atoms with van der Waals surface area (Å²) in [6, 6.07) is 0. The van der Waals surface area contributed by atoms with Crippen LogP contribution in [-0.2, 0) is 4.79 Å². The first kappa shape index (κ1) is 13.1. The van der Waals surface area contributed by atoms with Gasteiger partial charge >= 0.3 is 0 Å². The number of nitrogens with zero attached hydrogens (tertiary/aromatic N) is 3. The number of nitrogens with two attached hydrogens (primary N) is 2. The Balaban J connectivity index is 3.02. The monoisotopic (exact) mass is 241 g/mol. The molecule has 0 aliphatic heterocycles. The van der Waals surface area contributed by atoms with E-state index in [0.717, 1.165) is 6.20 Å². The van der Waals surface area contributed by atoms with E-state index < -0.39 is 11.7 Å². The van der Waals surface area contributed by atoms with Crippen molar-refractivity contribution in [1.82, 2.24) is 9.97 Å². The van der Waals surface area contributed by atoms with Crippen molar-refractivity contribution >= 4 is 17.7 Å². The molecule has 6 nitrogen and oxygen atoms in total. The minimum atomic E-state index is -0.624. The molecule has 7 heteroatoms. The molecule has 94 valence electrons. The van der Waals surface area contributed by atoms with Crippen LogP contribution >= 0.6 is 0 Å². The molecule has 0 spiro atoms. The molecule has 0 radical (unpaired) electrons. The maximum atomic E-state index is 13.5. The van der Waals surface area contributed by atoms with Gasteiger partial charge in [-0.1, -0.05) is 13.8 Å². The zero-order valence-corrected chi connectivity index (χ0v) is 9.85. The second kappa shape index (κ2) is 5.42. The summed E-state index contributed by atoms with van der Waals surface area (Å²) in [5, 5.41) is 0. The normalized spacial score (nSPS) is 10.6. The smallest absolute Gasteiger partial charge is 0.237 e. The number of rotatable bonds is 5. The lowest BCUT2D eigenvalue weighted by Crippen LogP contribution is -2.37. The number of amides is 1. The van der Waals surface area contributed by atoms with Gasteiger partial charge in [-0.3, -0.25) is 4.79 Å². The summed E-state index contributed by atoms with van der Waals surface area (Å²) >= 11 is 0. The zero-order valence-electron chi connectivity index (χ0n) is 9.85. The number of nitrogen functional groups attached to an aromatic ring is 1. The molecule has 17 heavy (non-hydrogen) atoms. The van der Waals surface area contributed by atoms with Crippen molar-refractivity contribution in [2.24, 2.45) is 11.7 Å². The molecule has 1 aromatic heterocycles. The van der Waals surface area contributed by atoms with Crippen molar-refractivity contribution in [1.29, 1.82) is 0 Å². The lowest BCUT2D eigenvalue weighted by molar-refractivity contribution is -0.116. The van der Waals surface area contributed by atoms with Crippen LogP contribution in [0.15, 0.2) is 6.20 Å². The molecule has 0 aliphatic carbocycles. The minimum absolute atomic E-state index is 0.00463. The lowest BCUT2D eigenvalue weighted by Gasteiger charge is -2.24. The van der Waals surface area contributed by atoms with Crippen LogP contribution in [-0.4, -0.2) is 29.0 Å². The van der Waals surface area contributed by atoms with Crippen LogP contribution in [0.2, 0.25) is 0 Å². The third-order valence-electron chi connectivity index (χ3n) is 1.98. The van der Waals surface area contributed by atoms with Gasteiger partial charge in [-0.05, 0) is 5.92 Å². The third-order valence-corrected chi connectivity index (χ3v) is 1.98. The molecule has 4 N–H and O–H groups in total. The van der Waals surface area contributed by atoms with Gasteiger partial charge in [0.05, 0.1) is 12.7 Å². The Labute approximate surface area is 98.8 Å². The number of hydrogen-bond acceptors (Lipinski definition) is 5. The van der Waals surface area contributed by atoms with Crippen LogP contribution < -0.4 is 16.4 Å². The number of halogens is 1. The van der Waals surface area contributed by atoms with E-state index in [4.69, 9.17) is 11.5 Å². The van der Waals surface area contributed by atoms with Gasteiger partial charge in [-0.15, -0.1) is 0 Å². The van der Waals surface area contributed by atoms with Crippen molar-refractivity contribution in [3.8, 4) is 0 Å². The molecule has 1 rings (SSSR count). The van der Waals surface area contributed by atoms with E-state index in [-0.39, 0.29) is 24.2 Å². The summed E-state index contributed by atoms with van der Waals surface area (Å²) in [6.07, 6.45) is 0.978. The molecule has 0 aliphatic rings. The van der Waals surface area contributed by atoms with E-state index in [9.17, 15) is 9.18 Å². The van der Waals surface area contributed by atoms with Crippen LogP contribution in [0.4, 0.5) is 16.2 Å². The summed E-state index contributed by atoms with van der Waals surface area (Å²) in [4.78, 5) is 19.7. The zero-order chi connectivity index (χ0) is 13.0. The second-order valence-corrected chi connectivity index (χ2v) is 4.14. The molecule has 0 atom stereocenters. The largest absolute Gasteiger partial charge is 0.368 e. The van der Waals surface area contributed by atoms with E-state index in [1.165, 1.54) is 4.90 Å². The highest BCUT2D eigenvalue weighted by molar-refractivity contribution is 5.79. The molecular formula is C10H16FN5O. The molecule has 1 aromatic rings. The summed E-state index contributed by atoms with van der Waals surface area (Å²) in [5.74, 6) is -0.988. The lowest BCUT2D eigenvalue weighted by atomic mass is 10.2. The molecule has 0 saturated carbocycles. The third kappa shape index (κ3) is 3.86. The molecular weight excluding hydrogens is 225 g/mol. The van der Waals surface area contributed by atoms with Crippen LogP contribution in [0, 0.1) is 11.7 Å². The Morgan fingerprint density at radius 3 is 2.76 bits per heavy atom. The average Bonchev–Trinajstić information content (AvgIpc) is 2.19. The quantitative estimate of drug-likeness (QED) is 0.764. The van der Waals surface area contributed by atoms with Gasteiger partial charge in [0.25, 0.3) is 0 Å². The van der Waals surface area contributed by atoms with Gasteiger partial charge in [0.15, 0.2) is 11.6 Å². The molecule has 0 fully saturated rings. The first-order valence-electron chi connectivity index (χ1n) is 5.21. The molecule has 0 aromatic carbocycles. The van der Waals surface area contributed by atoms with E-state index in [0.29, 0.717) is 6.54 Å². The van der Waals surface area contributed by atoms with Crippen LogP contribution in [0.25, 0.3) is 0 Å². The van der Waals surface area contributed by atoms with Gasteiger partial charge in [-0.2, -0.15) is 4.98 Å². The Kier molecular flexibility index (Phi) is 4.19.